The molecule has 8 nitrogen and oxygen atoms in total. The minimum Gasteiger partial charge on any atom is -0.493 e. The van der Waals surface area contributed by atoms with Gasteiger partial charge >= 0.3 is 11.9 Å². The van der Waals surface area contributed by atoms with Crippen molar-refractivity contribution in [3.8, 4) is 23.0 Å². The van der Waals surface area contributed by atoms with Gasteiger partial charge in [0.1, 0.15) is 12.0 Å². The number of ether oxygens (including phenoxy) is 6. The van der Waals surface area contributed by atoms with Crippen molar-refractivity contribution in [1.82, 2.24) is 0 Å². The molecule has 2 atom stereocenters. The Morgan fingerprint density at radius 3 is 2.16 bits per heavy atom. The number of carbonyl (C=O) groups is 2. The molecule has 0 amide bonds. The van der Waals surface area contributed by atoms with E-state index in [1.807, 2.05) is 12.1 Å². The number of rotatable bonds is 8. The molecule has 0 aromatic heterocycles. The van der Waals surface area contributed by atoms with E-state index in [1.165, 1.54) is 28.4 Å². The molecular weight excluding hydrogens is 404 g/mol. The van der Waals surface area contributed by atoms with E-state index < -0.39 is 18.0 Å². The van der Waals surface area contributed by atoms with Gasteiger partial charge < -0.3 is 28.4 Å². The number of methoxy groups -OCH3 is 5. The maximum absolute atomic E-state index is 12.9. The van der Waals surface area contributed by atoms with Gasteiger partial charge in [0.05, 0.1) is 35.5 Å². The lowest BCUT2D eigenvalue weighted by Crippen LogP contribution is -2.21. The van der Waals surface area contributed by atoms with E-state index in [4.69, 9.17) is 28.4 Å². The third-order valence-electron chi connectivity index (χ3n) is 5.35. The molecular formula is C23H26O8. The molecule has 2 aromatic carbocycles. The fraction of sp³-hybridized carbons (Fsp3) is 0.391. The number of hydrogen-bond acceptors (Lipinski definition) is 8. The number of aryl methyl sites for hydroxylation is 1. The normalized spacial score (nSPS) is 16.7. The molecule has 1 aliphatic rings. The van der Waals surface area contributed by atoms with Crippen molar-refractivity contribution in [2.45, 2.75) is 24.9 Å². The molecule has 0 bridgehead atoms. The monoisotopic (exact) mass is 430 g/mol. The fourth-order valence-electron chi connectivity index (χ4n) is 3.81. The van der Waals surface area contributed by atoms with Gasteiger partial charge in [-0.25, -0.2) is 0 Å². The summed E-state index contributed by atoms with van der Waals surface area (Å²) < 4.78 is 32.3. The Hall–Kier alpha value is -3.42. The average Bonchev–Trinajstić information content (AvgIpc) is 3.22. The van der Waals surface area contributed by atoms with Gasteiger partial charge in [0.15, 0.2) is 23.0 Å². The van der Waals surface area contributed by atoms with Crippen LogP contribution in [0.1, 0.15) is 35.1 Å². The van der Waals surface area contributed by atoms with E-state index in [9.17, 15) is 9.59 Å². The molecule has 0 saturated heterocycles. The van der Waals surface area contributed by atoms with E-state index in [1.54, 1.807) is 25.3 Å². The van der Waals surface area contributed by atoms with Gasteiger partial charge in [0.2, 0.25) is 0 Å². The summed E-state index contributed by atoms with van der Waals surface area (Å²) >= 11 is 0. The fourth-order valence-corrected chi connectivity index (χ4v) is 3.81. The number of carbonyl (C=O) groups excluding carboxylic acids is 2. The van der Waals surface area contributed by atoms with Crippen molar-refractivity contribution in [2.75, 3.05) is 35.5 Å². The highest BCUT2D eigenvalue weighted by Gasteiger charge is 2.44. The summed E-state index contributed by atoms with van der Waals surface area (Å²) in [6.45, 7) is 0. The van der Waals surface area contributed by atoms with Gasteiger partial charge in [0.25, 0.3) is 0 Å². The lowest BCUT2D eigenvalue weighted by Gasteiger charge is -2.19. The molecule has 0 aliphatic carbocycles. The van der Waals surface area contributed by atoms with Crippen LogP contribution in [0.5, 0.6) is 23.0 Å². The molecule has 1 aliphatic heterocycles. The largest absolute Gasteiger partial charge is 0.493 e. The highest BCUT2D eigenvalue weighted by Crippen LogP contribution is 2.53. The van der Waals surface area contributed by atoms with Crippen LogP contribution in [0.4, 0.5) is 0 Å². The summed E-state index contributed by atoms with van der Waals surface area (Å²) in [5.74, 6) is 0.490. The van der Waals surface area contributed by atoms with Crippen LogP contribution in [0, 0.1) is 0 Å². The molecule has 1 heterocycles. The Kier molecular flexibility index (Phi) is 6.89. The maximum atomic E-state index is 12.9. The minimum absolute atomic E-state index is 0.171. The quantitative estimate of drug-likeness (QED) is 0.590. The topological polar surface area (TPSA) is 89.5 Å². The Morgan fingerprint density at radius 2 is 1.55 bits per heavy atom. The molecule has 0 saturated carbocycles. The Morgan fingerprint density at radius 1 is 0.871 bits per heavy atom. The first-order valence-corrected chi connectivity index (χ1v) is 9.72. The van der Waals surface area contributed by atoms with Crippen molar-refractivity contribution < 1.29 is 38.0 Å². The van der Waals surface area contributed by atoms with E-state index in [0.717, 1.165) is 5.56 Å². The number of esters is 2. The van der Waals surface area contributed by atoms with Crippen molar-refractivity contribution in [1.29, 1.82) is 0 Å². The average molecular weight is 430 g/mol. The van der Waals surface area contributed by atoms with Gasteiger partial charge in [-0.05, 0) is 35.7 Å². The van der Waals surface area contributed by atoms with Crippen LogP contribution in [0.25, 0.3) is 0 Å². The zero-order valence-corrected chi connectivity index (χ0v) is 18.2. The van der Waals surface area contributed by atoms with Crippen molar-refractivity contribution in [3.63, 3.8) is 0 Å². The first kappa shape index (κ1) is 22.3. The molecule has 3 rings (SSSR count). The van der Waals surface area contributed by atoms with Crippen LogP contribution in [-0.4, -0.2) is 47.5 Å². The zero-order chi connectivity index (χ0) is 22.5. The molecule has 166 valence electrons. The predicted molar refractivity (Wildman–Crippen MR) is 111 cm³/mol. The van der Waals surface area contributed by atoms with Crippen LogP contribution in [0.3, 0.4) is 0 Å². The van der Waals surface area contributed by atoms with Gasteiger partial charge in [-0.1, -0.05) is 12.1 Å². The summed E-state index contributed by atoms with van der Waals surface area (Å²) in [5.41, 5.74) is 2.15. The van der Waals surface area contributed by atoms with Crippen LogP contribution in [0.2, 0.25) is 0 Å². The van der Waals surface area contributed by atoms with Crippen molar-refractivity contribution >= 4 is 11.9 Å². The SMILES string of the molecule is COC(=O)CCc1ccc(OC)c2c1[C@H](C(=O)OC)[C@@H](c1ccc(OC)c(OC)c1)O2. The summed E-state index contributed by atoms with van der Waals surface area (Å²) in [5, 5.41) is 0. The maximum Gasteiger partial charge on any atom is 0.317 e. The molecule has 2 aromatic rings. The van der Waals surface area contributed by atoms with Gasteiger partial charge in [-0.15, -0.1) is 0 Å². The number of fused-ring (bicyclic) bond motifs is 1. The smallest absolute Gasteiger partial charge is 0.317 e. The minimum atomic E-state index is -0.749. The molecule has 0 unspecified atom stereocenters. The third kappa shape index (κ3) is 4.23. The van der Waals surface area contributed by atoms with Crippen LogP contribution >= 0.6 is 0 Å². The molecule has 0 fully saturated rings. The second-order valence-corrected chi connectivity index (χ2v) is 6.90. The highest BCUT2D eigenvalue weighted by molar-refractivity contribution is 5.83. The van der Waals surface area contributed by atoms with Crippen LogP contribution in [-0.2, 0) is 25.5 Å². The molecule has 0 spiro atoms. The van der Waals surface area contributed by atoms with E-state index >= 15 is 0 Å². The highest BCUT2D eigenvalue weighted by atomic mass is 16.5. The van der Waals surface area contributed by atoms with Gasteiger partial charge in [0, 0.05) is 12.0 Å². The second kappa shape index (κ2) is 9.59. The van der Waals surface area contributed by atoms with Crippen molar-refractivity contribution in [3.05, 3.63) is 47.0 Å². The zero-order valence-electron chi connectivity index (χ0n) is 18.2. The molecule has 0 radical (unpaired) electrons. The van der Waals surface area contributed by atoms with Gasteiger partial charge in [-0.3, -0.25) is 9.59 Å². The first-order chi connectivity index (χ1) is 15.0. The van der Waals surface area contributed by atoms with Gasteiger partial charge in [-0.2, -0.15) is 0 Å². The van der Waals surface area contributed by atoms with E-state index in [2.05, 4.69) is 0 Å². The van der Waals surface area contributed by atoms with Crippen LogP contribution < -0.4 is 18.9 Å². The van der Waals surface area contributed by atoms with Crippen molar-refractivity contribution in [2.24, 2.45) is 0 Å². The summed E-state index contributed by atoms with van der Waals surface area (Å²) in [7, 11) is 7.30. The second-order valence-electron chi connectivity index (χ2n) is 6.90. The predicted octanol–water partition coefficient (Wildman–Crippen LogP) is 3.21. The van der Waals surface area contributed by atoms with Crippen LogP contribution in [0.15, 0.2) is 30.3 Å². The molecule has 8 heteroatoms. The Labute approximate surface area is 181 Å². The van der Waals surface area contributed by atoms with E-state index in [-0.39, 0.29) is 12.4 Å². The standard InChI is InChI=1S/C23H26O8/c1-26-15-9-7-14(12-17(15)28-3)21-20(23(25)30-5)19-13(8-11-18(24)29-4)6-10-16(27-2)22(19)31-21/h6-7,9-10,12,20-21H,8,11H2,1-5H3/t20-,21+/m0/s1. The third-order valence-corrected chi connectivity index (χ3v) is 5.35. The summed E-state index contributed by atoms with van der Waals surface area (Å²) in [4.78, 5) is 24.6. The molecule has 31 heavy (non-hydrogen) atoms. The Balaban J connectivity index is 2.10. The first-order valence-electron chi connectivity index (χ1n) is 9.72. The summed E-state index contributed by atoms with van der Waals surface area (Å²) in [6, 6.07) is 8.93. The Bertz CT molecular complexity index is 968. The number of benzene rings is 2. The number of hydrogen-bond donors (Lipinski definition) is 0. The lowest BCUT2D eigenvalue weighted by atomic mass is 9.86. The summed E-state index contributed by atoms with van der Waals surface area (Å²) in [6.07, 6.45) is -0.117. The van der Waals surface area contributed by atoms with E-state index in [0.29, 0.717) is 40.5 Å². The lowest BCUT2D eigenvalue weighted by molar-refractivity contribution is -0.144. The molecule has 0 N–H and O–H groups in total.